The molecule has 0 spiro atoms. The number of nitrogens with zero attached hydrogens (tertiary/aromatic N) is 2. The molecule has 0 aliphatic rings. The molecule has 10 heteroatoms. The number of hydrogen-bond donors (Lipinski definition) is 1. The molecule has 0 radical (unpaired) electrons. The third-order valence-corrected chi connectivity index (χ3v) is 6.40. The van der Waals surface area contributed by atoms with Gasteiger partial charge < -0.3 is 15.0 Å². The summed E-state index contributed by atoms with van der Waals surface area (Å²) in [5, 5.41) is 3.07. The van der Waals surface area contributed by atoms with Gasteiger partial charge in [-0.05, 0) is 57.5 Å². The van der Waals surface area contributed by atoms with Crippen LogP contribution in [-0.4, -0.2) is 56.6 Å². The van der Waals surface area contributed by atoms with E-state index < -0.39 is 34.1 Å². The Kier molecular flexibility index (Phi) is 8.96. The third kappa shape index (κ3) is 7.63. The van der Waals surface area contributed by atoms with Crippen molar-refractivity contribution in [1.29, 1.82) is 0 Å². The second-order valence-electron chi connectivity index (χ2n) is 9.01. The van der Waals surface area contributed by atoms with Crippen molar-refractivity contribution in [3.63, 3.8) is 0 Å². The Bertz CT molecular complexity index is 1130. The maximum atomic E-state index is 13.5. The Morgan fingerprint density at radius 3 is 2.32 bits per heavy atom. The predicted molar refractivity (Wildman–Crippen MR) is 135 cm³/mol. The highest BCUT2D eigenvalue weighted by Gasteiger charge is 2.31. The molecule has 0 aromatic heterocycles. The van der Waals surface area contributed by atoms with Gasteiger partial charge in [0.05, 0.1) is 24.1 Å². The molecule has 0 aliphatic carbocycles. The maximum absolute atomic E-state index is 13.5. The first-order chi connectivity index (χ1) is 15.7. The number of benzene rings is 2. The second-order valence-corrected chi connectivity index (χ2v) is 11.3. The van der Waals surface area contributed by atoms with E-state index in [4.69, 9.17) is 16.3 Å². The largest absolute Gasteiger partial charge is 0.497 e. The highest BCUT2D eigenvalue weighted by Crippen LogP contribution is 2.27. The van der Waals surface area contributed by atoms with E-state index in [2.05, 4.69) is 5.32 Å². The Morgan fingerprint density at radius 2 is 1.76 bits per heavy atom. The third-order valence-electron chi connectivity index (χ3n) is 4.95. The summed E-state index contributed by atoms with van der Waals surface area (Å²) in [4.78, 5) is 27.8. The molecule has 34 heavy (non-hydrogen) atoms. The zero-order chi connectivity index (χ0) is 25.7. The quantitative estimate of drug-likeness (QED) is 0.558. The summed E-state index contributed by atoms with van der Waals surface area (Å²) < 4.78 is 31.4. The van der Waals surface area contributed by atoms with Crippen molar-refractivity contribution in [2.24, 2.45) is 0 Å². The van der Waals surface area contributed by atoms with Crippen molar-refractivity contribution >= 4 is 39.1 Å². The molecule has 0 bridgehead atoms. The van der Waals surface area contributed by atoms with Crippen molar-refractivity contribution in [3.8, 4) is 5.75 Å². The van der Waals surface area contributed by atoms with Crippen LogP contribution in [0.15, 0.2) is 48.5 Å². The number of nitrogens with one attached hydrogen (secondary N) is 1. The van der Waals surface area contributed by atoms with Crippen molar-refractivity contribution in [2.45, 2.75) is 45.8 Å². The molecule has 2 rings (SSSR count). The van der Waals surface area contributed by atoms with Crippen LogP contribution in [0.4, 0.5) is 5.69 Å². The fourth-order valence-electron chi connectivity index (χ4n) is 3.27. The van der Waals surface area contributed by atoms with E-state index in [0.717, 1.165) is 16.1 Å². The summed E-state index contributed by atoms with van der Waals surface area (Å²) in [5.74, 6) is -0.303. The minimum Gasteiger partial charge on any atom is -0.497 e. The molecule has 1 N–H and O–H groups in total. The van der Waals surface area contributed by atoms with Crippen LogP contribution in [0.1, 0.15) is 33.3 Å². The van der Waals surface area contributed by atoms with Gasteiger partial charge in [-0.15, -0.1) is 0 Å². The van der Waals surface area contributed by atoms with Gasteiger partial charge in [0.25, 0.3) is 0 Å². The number of anilines is 1. The molecule has 2 amide bonds. The highest BCUT2D eigenvalue weighted by molar-refractivity contribution is 7.92. The summed E-state index contributed by atoms with van der Waals surface area (Å²) in [6.45, 7) is 6.70. The Balaban J connectivity index is 2.43. The summed E-state index contributed by atoms with van der Waals surface area (Å²) in [7, 11) is -2.31. The lowest BCUT2D eigenvalue weighted by Gasteiger charge is -2.33. The van der Waals surface area contributed by atoms with Crippen LogP contribution in [0.2, 0.25) is 5.02 Å². The molecule has 1 atom stereocenters. The number of halogens is 1. The minimum atomic E-state index is -3.85. The van der Waals surface area contributed by atoms with Crippen LogP contribution in [0.5, 0.6) is 5.75 Å². The lowest BCUT2D eigenvalue weighted by Crippen LogP contribution is -2.54. The van der Waals surface area contributed by atoms with Gasteiger partial charge in [0.15, 0.2) is 0 Å². The van der Waals surface area contributed by atoms with Gasteiger partial charge in [-0.1, -0.05) is 35.9 Å². The van der Waals surface area contributed by atoms with E-state index in [-0.39, 0.29) is 23.2 Å². The summed E-state index contributed by atoms with van der Waals surface area (Å²) >= 11 is 6.23. The maximum Gasteiger partial charge on any atom is 0.244 e. The molecule has 2 aromatic carbocycles. The molecule has 0 aliphatic heterocycles. The van der Waals surface area contributed by atoms with Gasteiger partial charge in [0, 0.05) is 12.1 Å². The molecular formula is C24H32ClN3O5S. The Labute approximate surface area is 206 Å². The summed E-state index contributed by atoms with van der Waals surface area (Å²) in [6.07, 6.45) is 1.01. The number of hydrogen-bond acceptors (Lipinski definition) is 5. The normalized spacial score (nSPS) is 12.6. The van der Waals surface area contributed by atoms with E-state index in [1.807, 2.05) is 20.8 Å². The van der Waals surface area contributed by atoms with Crippen molar-refractivity contribution in [3.05, 3.63) is 59.1 Å². The smallest absolute Gasteiger partial charge is 0.244 e. The van der Waals surface area contributed by atoms with Crippen molar-refractivity contribution in [1.82, 2.24) is 10.2 Å². The topological polar surface area (TPSA) is 96.0 Å². The van der Waals surface area contributed by atoms with Crippen LogP contribution in [0.25, 0.3) is 0 Å². The molecular weight excluding hydrogens is 478 g/mol. The van der Waals surface area contributed by atoms with E-state index in [1.54, 1.807) is 49.4 Å². The Hall–Kier alpha value is -2.78. The lowest BCUT2D eigenvalue weighted by molar-refractivity contribution is -0.140. The second kappa shape index (κ2) is 11.1. The standard InChI is InChI=1S/C24H32ClN3O5S/c1-17(23(30)26-24(2,3)4)27(15-18-10-9-11-19(14-18)33-5)22(29)16-28(34(6,31)32)21-13-8-7-12-20(21)25/h7-14,17H,15-16H2,1-6H3,(H,26,30). The van der Waals surface area contributed by atoms with Gasteiger partial charge in [-0.3, -0.25) is 13.9 Å². The average Bonchev–Trinajstić information content (AvgIpc) is 2.74. The Morgan fingerprint density at radius 1 is 1.12 bits per heavy atom. The highest BCUT2D eigenvalue weighted by atomic mass is 35.5. The summed E-state index contributed by atoms with van der Waals surface area (Å²) in [5.41, 5.74) is 0.409. The fourth-order valence-corrected chi connectivity index (χ4v) is 4.42. The number of amides is 2. The predicted octanol–water partition coefficient (Wildman–Crippen LogP) is 3.45. The number of rotatable bonds is 9. The average molecular weight is 510 g/mol. The van der Waals surface area contributed by atoms with E-state index in [1.165, 1.54) is 18.1 Å². The SMILES string of the molecule is COc1cccc(CN(C(=O)CN(c2ccccc2Cl)S(C)(=O)=O)C(C)C(=O)NC(C)(C)C)c1. The molecule has 0 saturated carbocycles. The number of carbonyl (C=O) groups is 2. The van der Waals surface area contributed by atoms with Gasteiger partial charge in [0.1, 0.15) is 18.3 Å². The molecule has 0 saturated heterocycles. The van der Waals surface area contributed by atoms with Gasteiger partial charge >= 0.3 is 0 Å². The molecule has 1 unspecified atom stereocenters. The van der Waals surface area contributed by atoms with Gasteiger partial charge in [0.2, 0.25) is 21.8 Å². The van der Waals surface area contributed by atoms with Crippen LogP contribution in [0.3, 0.4) is 0 Å². The van der Waals surface area contributed by atoms with Gasteiger partial charge in [-0.25, -0.2) is 8.42 Å². The van der Waals surface area contributed by atoms with Crippen LogP contribution < -0.4 is 14.4 Å². The minimum absolute atomic E-state index is 0.0783. The monoisotopic (exact) mass is 509 g/mol. The van der Waals surface area contributed by atoms with Crippen LogP contribution >= 0.6 is 11.6 Å². The molecule has 0 fully saturated rings. The zero-order valence-electron chi connectivity index (χ0n) is 20.3. The van der Waals surface area contributed by atoms with Gasteiger partial charge in [-0.2, -0.15) is 0 Å². The first-order valence-electron chi connectivity index (χ1n) is 10.7. The van der Waals surface area contributed by atoms with Crippen LogP contribution in [0, 0.1) is 0 Å². The van der Waals surface area contributed by atoms with E-state index in [0.29, 0.717) is 5.75 Å². The van der Waals surface area contributed by atoms with E-state index in [9.17, 15) is 18.0 Å². The number of carbonyl (C=O) groups excluding carboxylic acids is 2. The summed E-state index contributed by atoms with van der Waals surface area (Å²) in [6, 6.07) is 12.6. The van der Waals surface area contributed by atoms with Crippen molar-refractivity contribution in [2.75, 3.05) is 24.2 Å². The molecule has 2 aromatic rings. The van der Waals surface area contributed by atoms with Crippen molar-refractivity contribution < 1.29 is 22.7 Å². The van der Waals surface area contributed by atoms with Crippen LogP contribution in [-0.2, 0) is 26.2 Å². The molecule has 0 heterocycles. The number of para-hydroxylation sites is 1. The first kappa shape index (κ1) is 27.5. The number of sulfonamides is 1. The number of methoxy groups -OCH3 is 1. The first-order valence-corrected chi connectivity index (χ1v) is 12.9. The fraction of sp³-hybridized carbons (Fsp3) is 0.417. The lowest BCUT2D eigenvalue weighted by atomic mass is 10.1. The zero-order valence-corrected chi connectivity index (χ0v) is 21.9. The van der Waals surface area contributed by atoms with E-state index >= 15 is 0 Å². The molecule has 186 valence electrons. The molecule has 8 nitrogen and oxygen atoms in total. The number of ether oxygens (including phenoxy) is 1.